The van der Waals surface area contributed by atoms with Gasteiger partial charge in [0, 0.05) is 17.3 Å². The van der Waals surface area contributed by atoms with Crippen molar-refractivity contribution in [2.24, 2.45) is 0 Å². The Morgan fingerprint density at radius 3 is 2.84 bits per heavy atom. The highest BCUT2D eigenvalue weighted by atomic mass is 16.5. The number of carbonyl (C=O) groups excluding carboxylic acids is 1. The topological polar surface area (TPSA) is 59.6 Å². The molecule has 5 nitrogen and oxygen atoms in total. The van der Waals surface area contributed by atoms with Gasteiger partial charge in [0.2, 0.25) is 0 Å². The fraction of sp³-hybridized carbons (Fsp3) is 0.357. The van der Waals surface area contributed by atoms with Crippen molar-refractivity contribution in [1.29, 1.82) is 0 Å². The first-order chi connectivity index (χ1) is 9.17. The molecule has 19 heavy (non-hydrogen) atoms. The highest BCUT2D eigenvalue weighted by Gasteiger charge is 2.20. The SMILES string of the molecule is CC[C@@H]1C=C(NC(=O)OC)c2cc(OC)ccc2N1. The first-order valence-corrected chi connectivity index (χ1v) is 6.19. The van der Waals surface area contributed by atoms with Crippen LogP contribution in [-0.2, 0) is 4.74 Å². The number of anilines is 1. The maximum atomic E-state index is 11.4. The predicted molar refractivity (Wildman–Crippen MR) is 74.2 cm³/mol. The van der Waals surface area contributed by atoms with Crippen LogP contribution in [-0.4, -0.2) is 26.4 Å². The minimum atomic E-state index is -0.475. The first kappa shape index (κ1) is 13.3. The van der Waals surface area contributed by atoms with Gasteiger partial charge in [0.25, 0.3) is 0 Å². The molecule has 102 valence electrons. The molecule has 0 aliphatic carbocycles. The van der Waals surface area contributed by atoms with Crippen molar-refractivity contribution < 1.29 is 14.3 Å². The molecule has 0 saturated heterocycles. The average molecular weight is 262 g/mol. The highest BCUT2D eigenvalue weighted by Crippen LogP contribution is 2.32. The van der Waals surface area contributed by atoms with Crippen LogP contribution in [0.5, 0.6) is 5.75 Å². The van der Waals surface area contributed by atoms with E-state index in [4.69, 9.17) is 4.74 Å². The van der Waals surface area contributed by atoms with E-state index in [1.165, 1.54) is 7.11 Å². The number of rotatable bonds is 3. The maximum absolute atomic E-state index is 11.4. The molecular formula is C14H18N2O3. The summed E-state index contributed by atoms with van der Waals surface area (Å²) in [6.07, 6.45) is 2.44. The number of benzene rings is 1. The van der Waals surface area contributed by atoms with E-state index in [-0.39, 0.29) is 6.04 Å². The Morgan fingerprint density at radius 2 is 2.21 bits per heavy atom. The Bertz CT molecular complexity index is 511. The average Bonchev–Trinajstić information content (AvgIpc) is 2.46. The minimum Gasteiger partial charge on any atom is -0.497 e. The number of methoxy groups -OCH3 is 2. The van der Waals surface area contributed by atoms with Crippen molar-refractivity contribution in [3.05, 3.63) is 29.8 Å². The second-order valence-corrected chi connectivity index (χ2v) is 4.27. The van der Waals surface area contributed by atoms with Crippen LogP contribution in [0.25, 0.3) is 5.70 Å². The van der Waals surface area contributed by atoms with Crippen LogP contribution in [0, 0.1) is 0 Å². The van der Waals surface area contributed by atoms with Gasteiger partial charge in [-0.15, -0.1) is 0 Å². The third-order valence-electron chi connectivity index (χ3n) is 3.09. The standard InChI is InChI=1S/C14H18N2O3/c1-4-9-7-13(16-14(17)19-3)11-8-10(18-2)5-6-12(11)15-9/h5-9,15H,4H2,1-3H3,(H,16,17)/t9-/m1/s1. The van der Waals surface area contributed by atoms with Gasteiger partial charge in [-0.3, -0.25) is 5.32 Å². The molecule has 2 rings (SSSR count). The van der Waals surface area contributed by atoms with Crippen LogP contribution in [0.4, 0.5) is 10.5 Å². The monoisotopic (exact) mass is 262 g/mol. The zero-order valence-electron chi connectivity index (χ0n) is 11.3. The van der Waals surface area contributed by atoms with E-state index in [1.807, 2.05) is 24.3 Å². The molecule has 1 atom stereocenters. The minimum absolute atomic E-state index is 0.188. The number of hydrogen-bond donors (Lipinski definition) is 2. The van der Waals surface area contributed by atoms with Crippen LogP contribution in [0.2, 0.25) is 0 Å². The van der Waals surface area contributed by atoms with E-state index in [1.54, 1.807) is 7.11 Å². The molecule has 1 heterocycles. The van der Waals surface area contributed by atoms with Gasteiger partial charge < -0.3 is 14.8 Å². The van der Waals surface area contributed by atoms with Gasteiger partial charge in [-0.1, -0.05) is 6.92 Å². The molecule has 1 amide bonds. The van der Waals surface area contributed by atoms with Gasteiger partial charge >= 0.3 is 6.09 Å². The van der Waals surface area contributed by atoms with Gasteiger partial charge in [-0.2, -0.15) is 0 Å². The largest absolute Gasteiger partial charge is 0.497 e. The molecule has 2 N–H and O–H groups in total. The number of amides is 1. The molecule has 1 aromatic rings. The molecular weight excluding hydrogens is 244 g/mol. The van der Waals surface area contributed by atoms with Crippen molar-refractivity contribution in [3.63, 3.8) is 0 Å². The molecule has 0 spiro atoms. The summed E-state index contributed by atoms with van der Waals surface area (Å²) in [7, 11) is 2.96. The van der Waals surface area contributed by atoms with E-state index in [9.17, 15) is 4.79 Å². The fourth-order valence-corrected chi connectivity index (χ4v) is 2.02. The third-order valence-corrected chi connectivity index (χ3v) is 3.09. The van der Waals surface area contributed by atoms with Gasteiger partial charge in [-0.05, 0) is 30.7 Å². The van der Waals surface area contributed by atoms with E-state index < -0.39 is 6.09 Å². The zero-order valence-corrected chi connectivity index (χ0v) is 11.3. The Hall–Kier alpha value is -2.17. The lowest BCUT2D eigenvalue weighted by atomic mass is 10.0. The van der Waals surface area contributed by atoms with Gasteiger partial charge in [0.15, 0.2) is 0 Å². The second kappa shape index (κ2) is 5.65. The van der Waals surface area contributed by atoms with Crippen LogP contribution in [0.15, 0.2) is 24.3 Å². The Balaban J connectivity index is 2.38. The molecule has 1 aliphatic rings. The lowest BCUT2D eigenvalue weighted by molar-refractivity contribution is 0.176. The van der Waals surface area contributed by atoms with E-state index >= 15 is 0 Å². The van der Waals surface area contributed by atoms with Crippen molar-refractivity contribution in [2.45, 2.75) is 19.4 Å². The van der Waals surface area contributed by atoms with Crippen LogP contribution in [0.1, 0.15) is 18.9 Å². The van der Waals surface area contributed by atoms with Crippen molar-refractivity contribution in [2.75, 3.05) is 19.5 Å². The Kier molecular flexibility index (Phi) is 3.94. The first-order valence-electron chi connectivity index (χ1n) is 6.19. The van der Waals surface area contributed by atoms with Crippen LogP contribution < -0.4 is 15.4 Å². The Morgan fingerprint density at radius 1 is 1.42 bits per heavy atom. The summed E-state index contributed by atoms with van der Waals surface area (Å²) in [4.78, 5) is 11.4. The summed E-state index contributed by atoms with van der Waals surface area (Å²) in [6, 6.07) is 5.91. The van der Waals surface area contributed by atoms with Gasteiger partial charge in [-0.25, -0.2) is 4.79 Å². The van der Waals surface area contributed by atoms with Crippen molar-refractivity contribution >= 4 is 17.5 Å². The molecule has 0 aromatic heterocycles. The molecule has 0 fully saturated rings. The summed E-state index contributed by atoms with van der Waals surface area (Å²) in [5, 5.41) is 6.14. The van der Waals surface area contributed by atoms with Crippen LogP contribution >= 0.6 is 0 Å². The number of fused-ring (bicyclic) bond motifs is 1. The lowest BCUT2D eigenvalue weighted by Gasteiger charge is -2.26. The lowest BCUT2D eigenvalue weighted by Crippen LogP contribution is -2.28. The highest BCUT2D eigenvalue weighted by molar-refractivity contribution is 5.88. The molecule has 0 radical (unpaired) electrons. The molecule has 0 unspecified atom stereocenters. The Labute approximate surface area is 112 Å². The number of carbonyl (C=O) groups is 1. The maximum Gasteiger partial charge on any atom is 0.411 e. The molecule has 0 bridgehead atoms. The summed E-state index contributed by atoms with van der Waals surface area (Å²) >= 11 is 0. The number of ether oxygens (including phenoxy) is 2. The normalized spacial score (nSPS) is 16.8. The van der Waals surface area contributed by atoms with Crippen molar-refractivity contribution in [3.8, 4) is 5.75 Å². The van der Waals surface area contributed by atoms with E-state index in [0.717, 1.165) is 29.1 Å². The fourth-order valence-electron chi connectivity index (χ4n) is 2.02. The van der Waals surface area contributed by atoms with E-state index in [2.05, 4.69) is 22.3 Å². The zero-order chi connectivity index (χ0) is 13.8. The summed E-state index contributed by atoms with van der Waals surface area (Å²) in [6.45, 7) is 2.08. The molecule has 0 saturated carbocycles. The van der Waals surface area contributed by atoms with Crippen LogP contribution in [0.3, 0.4) is 0 Å². The summed E-state index contributed by atoms with van der Waals surface area (Å²) in [5.74, 6) is 0.744. The van der Waals surface area contributed by atoms with Crippen molar-refractivity contribution in [1.82, 2.24) is 5.32 Å². The molecule has 1 aliphatic heterocycles. The summed E-state index contributed by atoms with van der Waals surface area (Å²) < 4.78 is 9.87. The smallest absolute Gasteiger partial charge is 0.411 e. The van der Waals surface area contributed by atoms with Gasteiger partial charge in [0.1, 0.15) is 5.75 Å². The number of alkyl carbamates (subject to hydrolysis) is 1. The predicted octanol–water partition coefficient (Wildman–Crippen LogP) is 2.60. The molecule has 5 heteroatoms. The number of hydrogen-bond acceptors (Lipinski definition) is 4. The molecule has 1 aromatic carbocycles. The number of nitrogens with one attached hydrogen (secondary N) is 2. The quantitative estimate of drug-likeness (QED) is 0.879. The second-order valence-electron chi connectivity index (χ2n) is 4.27. The van der Waals surface area contributed by atoms with Gasteiger partial charge in [0.05, 0.1) is 19.9 Å². The van der Waals surface area contributed by atoms with E-state index in [0.29, 0.717) is 0 Å². The summed E-state index contributed by atoms with van der Waals surface area (Å²) in [5.41, 5.74) is 2.61. The third kappa shape index (κ3) is 2.81.